The first-order valence-electron chi connectivity index (χ1n) is 12.3. The summed E-state index contributed by atoms with van der Waals surface area (Å²) in [6.45, 7) is 5.76. The van der Waals surface area contributed by atoms with Gasteiger partial charge >= 0.3 is 0 Å². The number of benzene rings is 3. The number of hydrogen-bond donors (Lipinski definition) is 1. The van der Waals surface area contributed by atoms with E-state index in [0.29, 0.717) is 29.5 Å². The monoisotopic (exact) mass is 472 g/mol. The van der Waals surface area contributed by atoms with Crippen LogP contribution in [0, 0.1) is 0 Å². The lowest BCUT2D eigenvalue weighted by Crippen LogP contribution is -2.33. The van der Waals surface area contributed by atoms with Crippen molar-refractivity contribution in [2.45, 2.75) is 38.3 Å². The van der Waals surface area contributed by atoms with Crippen LogP contribution < -0.4 is 19.5 Å². The fraction of sp³-hybridized carbons (Fsp3) is 0.345. The van der Waals surface area contributed by atoms with Crippen LogP contribution in [-0.2, 0) is 6.54 Å². The Balaban J connectivity index is 1.05. The summed E-state index contributed by atoms with van der Waals surface area (Å²) < 4.78 is 16.6. The fourth-order valence-corrected chi connectivity index (χ4v) is 4.73. The minimum atomic E-state index is -0.162. The summed E-state index contributed by atoms with van der Waals surface area (Å²) in [6.07, 6.45) is 2.26. The number of fused-ring (bicyclic) bond motifs is 1. The summed E-state index contributed by atoms with van der Waals surface area (Å²) in [5, 5.41) is 2.92. The number of likely N-dealkylation sites (tertiary alicyclic amines) is 1. The van der Waals surface area contributed by atoms with Crippen LogP contribution in [0.2, 0.25) is 0 Å². The molecule has 35 heavy (non-hydrogen) atoms. The van der Waals surface area contributed by atoms with Gasteiger partial charge in [0.25, 0.3) is 5.91 Å². The zero-order valence-electron chi connectivity index (χ0n) is 20.1. The Hall–Kier alpha value is -3.51. The van der Waals surface area contributed by atoms with E-state index in [1.54, 1.807) is 18.2 Å². The van der Waals surface area contributed by atoms with Gasteiger partial charge in [-0.3, -0.25) is 9.69 Å². The van der Waals surface area contributed by atoms with Gasteiger partial charge in [-0.05, 0) is 80.2 Å². The highest BCUT2D eigenvalue weighted by molar-refractivity contribution is 5.94. The summed E-state index contributed by atoms with van der Waals surface area (Å²) in [5.74, 6) is 2.59. The Bertz CT molecular complexity index is 1130. The summed E-state index contributed by atoms with van der Waals surface area (Å²) in [6, 6.07) is 24.4. The molecule has 3 aromatic carbocycles. The predicted molar refractivity (Wildman–Crippen MR) is 135 cm³/mol. The van der Waals surface area contributed by atoms with E-state index >= 15 is 0 Å². The van der Waals surface area contributed by atoms with Crippen LogP contribution in [0.25, 0.3) is 0 Å². The van der Waals surface area contributed by atoms with E-state index in [9.17, 15) is 4.79 Å². The fourth-order valence-electron chi connectivity index (χ4n) is 4.73. The molecule has 0 saturated carbocycles. The molecule has 6 nitrogen and oxygen atoms in total. The first-order valence-corrected chi connectivity index (χ1v) is 12.3. The molecule has 1 N–H and O–H groups in total. The van der Waals surface area contributed by atoms with Crippen LogP contribution in [-0.4, -0.2) is 43.3 Å². The van der Waals surface area contributed by atoms with Gasteiger partial charge in [0.1, 0.15) is 11.9 Å². The lowest BCUT2D eigenvalue weighted by Gasteiger charge is -2.32. The molecule has 0 spiro atoms. The average Bonchev–Trinajstić information content (AvgIpc) is 3.37. The third-order valence-corrected chi connectivity index (χ3v) is 6.71. The number of rotatable bonds is 8. The quantitative estimate of drug-likeness (QED) is 0.500. The third-order valence-electron chi connectivity index (χ3n) is 6.71. The standard InChI is InChI=1S/C29H32N2O4/c1-21(18-30-29(32)25-9-12-27-28(17-25)34-20-33-27)35-26-10-7-22(8-11-26)19-31-15-13-24(14-16-31)23-5-3-2-4-6-23/h2-12,17,21,24H,13-16,18-20H2,1H3,(H,30,32)/t21-/m0/s1. The molecule has 1 amide bonds. The van der Waals surface area contributed by atoms with Gasteiger partial charge < -0.3 is 19.5 Å². The van der Waals surface area contributed by atoms with E-state index in [-0.39, 0.29) is 18.8 Å². The minimum absolute atomic E-state index is 0.157. The Morgan fingerprint density at radius 2 is 1.74 bits per heavy atom. The van der Waals surface area contributed by atoms with Gasteiger partial charge in [0.05, 0.1) is 6.54 Å². The van der Waals surface area contributed by atoms with E-state index in [1.807, 2.05) is 19.1 Å². The number of nitrogens with one attached hydrogen (secondary N) is 1. The van der Waals surface area contributed by atoms with Crippen molar-refractivity contribution in [3.05, 3.63) is 89.5 Å². The molecule has 2 aliphatic heterocycles. The largest absolute Gasteiger partial charge is 0.489 e. The highest BCUT2D eigenvalue weighted by Crippen LogP contribution is 2.32. The third kappa shape index (κ3) is 5.95. The zero-order valence-corrected chi connectivity index (χ0v) is 20.1. The molecule has 0 aliphatic carbocycles. The van der Waals surface area contributed by atoms with Crippen molar-refractivity contribution in [2.24, 2.45) is 0 Å². The molecule has 182 valence electrons. The van der Waals surface area contributed by atoms with E-state index in [1.165, 1.54) is 24.0 Å². The van der Waals surface area contributed by atoms with Crippen molar-refractivity contribution < 1.29 is 19.0 Å². The van der Waals surface area contributed by atoms with Crippen LogP contribution in [0.5, 0.6) is 17.2 Å². The molecule has 0 unspecified atom stereocenters. The Labute approximate surface area is 206 Å². The van der Waals surface area contributed by atoms with Gasteiger partial charge in [-0.25, -0.2) is 0 Å². The second-order valence-electron chi connectivity index (χ2n) is 9.31. The van der Waals surface area contributed by atoms with Crippen molar-refractivity contribution in [1.82, 2.24) is 10.2 Å². The Morgan fingerprint density at radius 1 is 1.00 bits per heavy atom. The summed E-state index contributed by atoms with van der Waals surface area (Å²) in [7, 11) is 0. The van der Waals surface area contributed by atoms with Crippen molar-refractivity contribution in [1.29, 1.82) is 0 Å². The molecule has 2 aliphatic rings. The second kappa shape index (κ2) is 10.8. The molecule has 2 heterocycles. The molecule has 0 radical (unpaired) electrons. The average molecular weight is 473 g/mol. The minimum Gasteiger partial charge on any atom is -0.489 e. The number of nitrogens with zero attached hydrogens (tertiary/aromatic N) is 1. The number of carbonyl (C=O) groups excluding carboxylic acids is 1. The van der Waals surface area contributed by atoms with Gasteiger partial charge in [-0.1, -0.05) is 42.5 Å². The van der Waals surface area contributed by atoms with E-state index < -0.39 is 0 Å². The normalized spacial score (nSPS) is 16.6. The molecular formula is C29H32N2O4. The van der Waals surface area contributed by atoms with Crippen LogP contribution in [0.1, 0.15) is 47.2 Å². The van der Waals surface area contributed by atoms with Crippen LogP contribution in [0.15, 0.2) is 72.8 Å². The van der Waals surface area contributed by atoms with Gasteiger partial charge in [-0.15, -0.1) is 0 Å². The van der Waals surface area contributed by atoms with Crippen molar-refractivity contribution in [3.8, 4) is 17.2 Å². The van der Waals surface area contributed by atoms with Gasteiger partial charge in [0.2, 0.25) is 6.79 Å². The predicted octanol–water partition coefficient (Wildman–Crippen LogP) is 4.99. The van der Waals surface area contributed by atoms with E-state index in [2.05, 4.69) is 52.7 Å². The number of piperidine rings is 1. The van der Waals surface area contributed by atoms with Crippen molar-refractivity contribution >= 4 is 5.91 Å². The van der Waals surface area contributed by atoms with Crippen molar-refractivity contribution in [3.63, 3.8) is 0 Å². The summed E-state index contributed by atoms with van der Waals surface area (Å²) in [5.41, 5.74) is 3.30. The first kappa shape index (κ1) is 23.2. The Morgan fingerprint density at radius 3 is 2.51 bits per heavy atom. The van der Waals surface area contributed by atoms with Gasteiger partial charge in [-0.2, -0.15) is 0 Å². The maximum Gasteiger partial charge on any atom is 0.251 e. The van der Waals surface area contributed by atoms with Crippen LogP contribution in [0.4, 0.5) is 0 Å². The first-order chi connectivity index (χ1) is 17.1. The van der Waals surface area contributed by atoms with Crippen molar-refractivity contribution in [2.75, 3.05) is 26.4 Å². The maximum absolute atomic E-state index is 12.5. The molecule has 1 atom stereocenters. The lowest BCUT2D eigenvalue weighted by atomic mass is 9.89. The molecule has 0 bridgehead atoms. The van der Waals surface area contributed by atoms with E-state index in [0.717, 1.165) is 25.4 Å². The molecular weight excluding hydrogens is 440 g/mol. The number of carbonyl (C=O) groups is 1. The number of hydrogen-bond acceptors (Lipinski definition) is 5. The summed E-state index contributed by atoms with van der Waals surface area (Å²) >= 11 is 0. The highest BCUT2D eigenvalue weighted by Gasteiger charge is 2.20. The number of ether oxygens (including phenoxy) is 3. The molecule has 1 saturated heterocycles. The topological polar surface area (TPSA) is 60.0 Å². The number of amides is 1. The smallest absolute Gasteiger partial charge is 0.251 e. The van der Waals surface area contributed by atoms with E-state index in [4.69, 9.17) is 14.2 Å². The van der Waals surface area contributed by atoms with Crippen LogP contribution >= 0.6 is 0 Å². The highest BCUT2D eigenvalue weighted by atomic mass is 16.7. The van der Waals surface area contributed by atoms with Crippen LogP contribution in [0.3, 0.4) is 0 Å². The summed E-state index contributed by atoms with van der Waals surface area (Å²) in [4.78, 5) is 15.0. The molecule has 6 heteroatoms. The molecule has 0 aromatic heterocycles. The molecule has 1 fully saturated rings. The van der Waals surface area contributed by atoms with Gasteiger partial charge in [0, 0.05) is 12.1 Å². The second-order valence-corrected chi connectivity index (χ2v) is 9.31. The molecule has 5 rings (SSSR count). The maximum atomic E-state index is 12.5. The molecule has 3 aromatic rings. The lowest BCUT2D eigenvalue weighted by molar-refractivity contribution is 0.0931. The zero-order chi connectivity index (χ0) is 24.0. The Kier molecular flexibility index (Phi) is 7.19. The SMILES string of the molecule is C[C@@H](CNC(=O)c1ccc2c(c1)OCO2)Oc1ccc(CN2CCC(c3ccccc3)CC2)cc1. The van der Waals surface area contributed by atoms with Gasteiger partial charge in [0.15, 0.2) is 11.5 Å².